The molecule has 0 aliphatic rings. The minimum Gasteiger partial charge on any atom is -0.399 e. The molecule has 1 aromatic carbocycles. The second-order valence-electron chi connectivity index (χ2n) is 3.17. The van der Waals surface area contributed by atoms with Gasteiger partial charge in [-0.05, 0) is 37.6 Å². The molecule has 3 N–H and O–H groups in total. The number of aryl methyl sites for hydroxylation is 1. The predicted octanol–water partition coefficient (Wildman–Crippen LogP) is 0.689. The van der Waals surface area contributed by atoms with E-state index in [9.17, 15) is 8.42 Å². The first-order valence-electron chi connectivity index (χ1n) is 4.14. The zero-order valence-corrected chi connectivity index (χ0v) is 8.88. The summed E-state index contributed by atoms with van der Waals surface area (Å²) in [5.74, 6) is 0. The van der Waals surface area contributed by atoms with Crippen molar-refractivity contribution in [1.29, 1.82) is 0 Å². The molecule has 0 saturated carbocycles. The number of nitrogen functional groups attached to an aromatic ring is 1. The monoisotopic (exact) mass is 215 g/mol. The van der Waals surface area contributed by atoms with Crippen molar-refractivity contribution in [3.8, 4) is 0 Å². The Balaban J connectivity index is 3.35. The molecule has 1 atom stereocenters. The minimum absolute atomic E-state index is 0.127. The van der Waals surface area contributed by atoms with Crippen LogP contribution in [-0.2, 0) is 9.84 Å². The number of nitrogens with two attached hydrogens (primary N) is 1. The highest BCUT2D eigenvalue weighted by molar-refractivity contribution is 7.91. The summed E-state index contributed by atoms with van der Waals surface area (Å²) in [6.45, 7) is 2.87. The van der Waals surface area contributed by atoms with E-state index < -0.39 is 15.3 Å². The van der Waals surface area contributed by atoms with Gasteiger partial charge in [-0.1, -0.05) is 0 Å². The second-order valence-corrected chi connectivity index (χ2v) is 5.38. The van der Waals surface area contributed by atoms with Crippen LogP contribution in [0.5, 0.6) is 0 Å². The Kier molecular flexibility index (Phi) is 2.82. The zero-order chi connectivity index (χ0) is 10.9. The van der Waals surface area contributed by atoms with Crippen molar-refractivity contribution in [2.45, 2.75) is 24.2 Å². The summed E-state index contributed by atoms with van der Waals surface area (Å²) in [6.07, 6.45) is 0. The fourth-order valence-corrected chi connectivity index (χ4v) is 2.31. The molecule has 1 aromatic rings. The maximum Gasteiger partial charge on any atom is 0.204 e. The lowest BCUT2D eigenvalue weighted by Crippen LogP contribution is -2.18. The van der Waals surface area contributed by atoms with E-state index in [0.717, 1.165) is 0 Å². The van der Waals surface area contributed by atoms with Gasteiger partial charge >= 0.3 is 0 Å². The molecule has 0 aromatic heterocycles. The Bertz CT molecular complexity index is 437. The molecule has 0 aliphatic heterocycles. The summed E-state index contributed by atoms with van der Waals surface area (Å²) in [5, 5.41) is 9.11. The molecule has 4 nitrogen and oxygen atoms in total. The minimum atomic E-state index is -3.62. The van der Waals surface area contributed by atoms with E-state index in [1.165, 1.54) is 19.1 Å². The van der Waals surface area contributed by atoms with Crippen molar-refractivity contribution < 1.29 is 13.5 Å². The molecule has 0 radical (unpaired) electrons. The van der Waals surface area contributed by atoms with Gasteiger partial charge in [-0.3, -0.25) is 0 Å². The lowest BCUT2D eigenvalue weighted by Gasteiger charge is -2.10. The smallest absolute Gasteiger partial charge is 0.204 e. The van der Waals surface area contributed by atoms with E-state index >= 15 is 0 Å². The number of rotatable bonds is 2. The molecule has 14 heavy (non-hydrogen) atoms. The van der Waals surface area contributed by atoms with Crippen molar-refractivity contribution in [2.24, 2.45) is 0 Å². The summed E-state index contributed by atoms with van der Waals surface area (Å²) in [4.78, 5) is 0.127. The van der Waals surface area contributed by atoms with Crippen LogP contribution in [-0.4, -0.2) is 19.0 Å². The van der Waals surface area contributed by atoms with Crippen molar-refractivity contribution in [2.75, 3.05) is 5.73 Å². The molecular formula is C9H13NO3S. The van der Waals surface area contributed by atoms with Crippen molar-refractivity contribution in [3.05, 3.63) is 23.8 Å². The lowest BCUT2D eigenvalue weighted by atomic mass is 10.2. The van der Waals surface area contributed by atoms with Crippen LogP contribution in [0.3, 0.4) is 0 Å². The third-order valence-corrected chi connectivity index (χ3v) is 3.92. The summed E-state index contributed by atoms with van der Waals surface area (Å²) < 4.78 is 23.1. The SMILES string of the molecule is Cc1cc(N)ccc1S(=O)(=O)C(C)O. The van der Waals surface area contributed by atoms with E-state index in [1.54, 1.807) is 13.0 Å². The predicted molar refractivity (Wildman–Crippen MR) is 54.5 cm³/mol. The second kappa shape index (κ2) is 3.59. The molecule has 0 amide bonds. The highest BCUT2D eigenvalue weighted by atomic mass is 32.2. The number of aliphatic hydroxyl groups is 1. The fourth-order valence-electron chi connectivity index (χ4n) is 1.18. The quantitative estimate of drug-likeness (QED) is 0.711. The van der Waals surface area contributed by atoms with Gasteiger partial charge in [0.1, 0.15) is 0 Å². The summed E-state index contributed by atoms with van der Waals surface area (Å²) in [6, 6.07) is 4.48. The van der Waals surface area contributed by atoms with Gasteiger partial charge in [0.15, 0.2) is 5.44 Å². The summed E-state index contributed by atoms with van der Waals surface area (Å²) in [7, 11) is -3.62. The summed E-state index contributed by atoms with van der Waals surface area (Å²) >= 11 is 0. The first-order chi connectivity index (χ1) is 6.35. The lowest BCUT2D eigenvalue weighted by molar-refractivity contribution is 0.268. The Morgan fingerprint density at radius 3 is 2.43 bits per heavy atom. The summed E-state index contributed by atoms with van der Waals surface area (Å²) in [5.41, 5.74) is 5.14. The molecule has 5 heteroatoms. The van der Waals surface area contributed by atoms with Crippen molar-refractivity contribution >= 4 is 15.5 Å². The Labute approximate surface area is 83.3 Å². The molecule has 0 saturated heterocycles. The molecule has 0 heterocycles. The maximum absolute atomic E-state index is 11.6. The largest absolute Gasteiger partial charge is 0.399 e. The molecule has 78 valence electrons. The van der Waals surface area contributed by atoms with Crippen LogP contribution in [0.2, 0.25) is 0 Å². The highest BCUT2D eigenvalue weighted by Crippen LogP contribution is 2.21. The van der Waals surface area contributed by atoms with Gasteiger partial charge in [0.25, 0.3) is 0 Å². The van der Waals surface area contributed by atoms with Gasteiger partial charge in [0.05, 0.1) is 4.90 Å². The first-order valence-corrected chi connectivity index (χ1v) is 5.68. The number of anilines is 1. The number of hydrogen-bond donors (Lipinski definition) is 2. The third kappa shape index (κ3) is 1.88. The van der Waals surface area contributed by atoms with Crippen molar-refractivity contribution in [3.63, 3.8) is 0 Å². The van der Waals surface area contributed by atoms with E-state index in [2.05, 4.69) is 0 Å². The molecule has 1 unspecified atom stereocenters. The average Bonchev–Trinajstić information content (AvgIpc) is 2.02. The van der Waals surface area contributed by atoms with Gasteiger partial charge in [0, 0.05) is 5.69 Å². The zero-order valence-electron chi connectivity index (χ0n) is 8.06. The van der Waals surface area contributed by atoms with Gasteiger partial charge in [-0.25, -0.2) is 8.42 Å². The van der Waals surface area contributed by atoms with Crippen molar-refractivity contribution in [1.82, 2.24) is 0 Å². The standard InChI is InChI=1S/C9H13NO3S/c1-6-5-8(10)3-4-9(6)14(12,13)7(2)11/h3-5,7,11H,10H2,1-2H3. The van der Waals surface area contributed by atoms with Gasteiger partial charge < -0.3 is 10.8 Å². The number of benzene rings is 1. The molecular weight excluding hydrogens is 202 g/mol. The van der Waals surface area contributed by atoms with E-state index in [0.29, 0.717) is 11.3 Å². The molecule has 1 rings (SSSR count). The van der Waals surface area contributed by atoms with Crippen LogP contribution in [0.25, 0.3) is 0 Å². The van der Waals surface area contributed by atoms with E-state index in [1.807, 2.05) is 0 Å². The first kappa shape index (κ1) is 11.0. The number of aliphatic hydroxyl groups excluding tert-OH is 1. The van der Waals surface area contributed by atoms with Gasteiger partial charge in [-0.15, -0.1) is 0 Å². The van der Waals surface area contributed by atoms with Crippen LogP contribution >= 0.6 is 0 Å². The van der Waals surface area contributed by atoms with E-state index in [-0.39, 0.29) is 4.90 Å². The number of sulfone groups is 1. The fraction of sp³-hybridized carbons (Fsp3) is 0.333. The normalized spacial score (nSPS) is 13.9. The van der Waals surface area contributed by atoms with Gasteiger partial charge in [-0.2, -0.15) is 0 Å². The van der Waals surface area contributed by atoms with E-state index in [4.69, 9.17) is 10.8 Å². The molecule has 0 bridgehead atoms. The van der Waals surface area contributed by atoms with Gasteiger partial charge in [0.2, 0.25) is 9.84 Å². The van der Waals surface area contributed by atoms with Crippen LogP contribution in [0.15, 0.2) is 23.1 Å². The van der Waals surface area contributed by atoms with Crippen LogP contribution < -0.4 is 5.73 Å². The van der Waals surface area contributed by atoms with Crippen LogP contribution in [0.4, 0.5) is 5.69 Å². The molecule has 0 aliphatic carbocycles. The highest BCUT2D eigenvalue weighted by Gasteiger charge is 2.22. The molecule has 0 fully saturated rings. The Morgan fingerprint density at radius 1 is 1.43 bits per heavy atom. The van der Waals surface area contributed by atoms with Crippen LogP contribution in [0, 0.1) is 6.92 Å². The number of hydrogen-bond acceptors (Lipinski definition) is 4. The average molecular weight is 215 g/mol. The topological polar surface area (TPSA) is 80.4 Å². The Morgan fingerprint density at radius 2 is 2.00 bits per heavy atom. The van der Waals surface area contributed by atoms with Crippen LogP contribution in [0.1, 0.15) is 12.5 Å². The Hall–Kier alpha value is -1.07. The maximum atomic E-state index is 11.6. The molecule has 0 spiro atoms. The third-order valence-electron chi connectivity index (χ3n) is 1.95.